The van der Waals surface area contributed by atoms with Crippen molar-refractivity contribution in [3.8, 4) is 0 Å². The predicted octanol–water partition coefficient (Wildman–Crippen LogP) is 1.77. The Kier molecular flexibility index (Phi) is 4.67. The van der Waals surface area contributed by atoms with Crippen molar-refractivity contribution in [2.24, 2.45) is 4.99 Å². The molecule has 0 aliphatic rings. The molecular formula is C10H20N2O. The molecule has 3 heteroatoms. The van der Waals surface area contributed by atoms with Gasteiger partial charge in [-0.2, -0.15) is 0 Å². The number of rotatable bonds is 5. The van der Waals surface area contributed by atoms with Crippen LogP contribution in [0.25, 0.3) is 0 Å². The highest BCUT2D eigenvalue weighted by Gasteiger charge is 2.26. The Morgan fingerprint density at radius 1 is 1.46 bits per heavy atom. The Hall–Kier alpha value is -0.860. The Morgan fingerprint density at radius 3 is 2.23 bits per heavy atom. The minimum atomic E-state index is -0.706. The molecule has 0 aliphatic heterocycles. The van der Waals surface area contributed by atoms with Crippen LogP contribution in [0.1, 0.15) is 40.5 Å². The minimum Gasteiger partial charge on any atom is -0.351 e. The third kappa shape index (κ3) is 3.57. The van der Waals surface area contributed by atoms with Gasteiger partial charge in [-0.3, -0.25) is 9.79 Å². The number of amides is 1. The Morgan fingerprint density at radius 2 is 1.92 bits per heavy atom. The van der Waals surface area contributed by atoms with Crippen molar-refractivity contribution < 1.29 is 4.79 Å². The SMILES string of the molecule is C=NC(C)(C)C(=O)NC(CC)CC. The second kappa shape index (κ2) is 5.00. The van der Waals surface area contributed by atoms with Crippen LogP contribution in [0.15, 0.2) is 4.99 Å². The first-order chi connectivity index (χ1) is 5.97. The summed E-state index contributed by atoms with van der Waals surface area (Å²) in [5.41, 5.74) is -0.706. The predicted molar refractivity (Wildman–Crippen MR) is 56.1 cm³/mol. The first kappa shape index (κ1) is 12.1. The largest absolute Gasteiger partial charge is 0.351 e. The van der Waals surface area contributed by atoms with Crippen LogP contribution in [0.2, 0.25) is 0 Å². The molecule has 0 fully saturated rings. The van der Waals surface area contributed by atoms with Gasteiger partial charge in [0.05, 0.1) is 0 Å². The second-order valence-corrected chi connectivity index (χ2v) is 3.70. The zero-order valence-corrected chi connectivity index (χ0v) is 9.05. The summed E-state index contributed by atoms with van der Waals surface area (Å²) >= 11 is 0. The molecule has 0 unspecified atom stereocenters. The molecule has 0 saturated heterocycles. The number of carbonyl (C=O) groups excluding carboxylic acids is 1. The van der Waals surface area contributed by atoms with Crippen molar-refractivity contribution in [2.45, 2.75) is 52.1 Å². The molecule has 0 heterocycles. The molecule has 3 nitrogen and oxygen atoms in total. The van der Waals surface area contributed by atoms with Gasteiger partial charge in [-0.25, -0.2) is 0 Å². The van der Waals surface area contributed by atoms with Crippen LogP contribution in [0.4, 0.5) is 0 Å². The fourth-order valence-corrected chi connectivity index (χ4v) is 0.927. The first-order valence-electron chi connectivity index (χ1n) is 4.76. The number of hydrogen-bond donors (Lipinski definition) is 1. The molecule has 0 bridgehead atoms. The molecule has 0 aromatic rings. The molecule has 13 heavy (non-hydrogen) atoms. The van der Waals surface area contributed by atoms with Gasteiger partial charge in [0.1, 0.15) is 5.54 Å². The fourth-order valence-electron chi connectivity index (χ4n) is 0.927. The molecule has 0 rings (SSSR count). The standard InChI is InChI=1S/C10H20N2O/c1-6-8(7-2)12-9(13)10(3,4)11-5/h8H,5-7H2,1-4H3,(H,12,13). The van der Waals surface area contributed by atoms with E-state index in [4.69, 9.17) is 0 Å². The van der Waals surface area contributed by atoms with Gasteiger partial charge < -0.3 is 5.32 Å². The summed E-state index contributed by atoms with van der Waals surface area (Å²) < 4.78 is 0. The molecule has 0 aliphatic carbocycles. The van der Waals surface area contributed by atoms with Gasteiger partial charge >= 0.3 is 0 Å². The summed E-state index contributed by atoms with van der Waals surface area (Å²) in [6.07, 6.45) is 1.91. The monoisotopic (exact) mass is 184 g/mol. The maximum atomic E-state index is 11.6. The van der Waals surface area contributed by atoms with Gasteiger partial charge in [-0.1, -0.05) is 13.8 Å². The van der Waals surface area contributed by atoms with Gasteiger partial charge in [-0.05, 0) is 33.4 Å². The van der Waals surface area contributed by atoms with E-state index in [0.717, 1.165) is 12.8 Å². The summed E-state index contributed by atoms with van der Waals surface area (Å²) in [4.78, 5) is 15.4. The minimum absolute atomic E-state index is 0.0452. The van der Waals surface area contributed by atoms with Crippen LogP contribution in [0.3, 0.4) is 0 Å². The van der Waals surface area contributed by atoms with E-state index in [0.29, 0.717) is 0 Å². The maximum Gasteiger partial charge on any atom is 0.247 e. The molecule has 0 atom stereocenters. The van der Waals surface area contributed by atoms with E-state index in [9.17, 15) is 4.79 Å². The van der Waals surface area contributed by atoms with Crippen LogP contribution >= 0.6 is 0 Å². The van der Waals surface area contributed by atoms with Crippen LogP contribution in [0.5, 0.6) is 0 Å². The average Bonchev–Trinajstić information content (AvgIpc) is 2.13. The third-order valence-electron chi connectivity index (χ3n) is 2.27. The number of nitrogens with zero attached hydrogens (tertiary/aromatic N) is 1. The number of carbonyl (C=O) groups is 1. The van der Waals surface area contributed by atoms with E-state index in [2.05, 4.69) is 30.9 Å². The van der Waals surface area contributed by atoms with Crippen molar-refractivity contribution in [2.75, 3.05) is 0 Å². The molecule has 0 radical (unpaired) electrons. The Labute approximate surface area is 80.6 Å². The molecule has 0 saturated carbocycles. The van der Waals surface area contributed by atoms with Crippen molar-refractivity contribution in [3.63, 3.8) is 0 Å². The van der Waals surface area contributed by atoms with Gasteiger partial charge in [-0.15, -0.1) is 0 Å². The topological polar surface area (TPSA) is 41.5 Å². The van der Waals surface area contributed by atoms with Crippen LogP contribution < -0.4 is 5.32 Å². The summed E-state index contributed by atoms with van der Waals surface area (Å²) in [7, 11) is 0. The highest BCUT2D eigenvalue weighted by atomic mass is 16.2. The highest BCUT2D eigenvalue weighted by molar-refractivity contribution is 5.86. The summed E-state index contributed by atoms with van der Waals surface area (Å²) in [5, 5.41) is 2.93. The zero-order chi connectivity index (χ0) is 10.5. The second-order valence-electron chi connectivity index (χ2n) is 3.70. The van der Waals surface area contributed by atoms with Crippen molar-refractivity contribution in [1.82, 2.24) is 5.32 Å². The van der Waals surface area contributed by atoms with Crippen molar-refractivity contribution in [3.05, 3.63) is 0 Å². The van der Waals surface area contributed by atoms with Gasteiger partial charge in [0.2, 0.25) is 5.91 Å². The molecule has 1 amide bonds. The summed E-state index contributed by atoms with van der Waals surface area (Å²) in [6, 6.07) is 0.258. The van der Waals surface area contributed by atoms with E-state index in [1.807, 2.05) is 0 Å². The molecule has 0 aromatic heterocycles. The third-order valence-corrected chi connectivity index (χ3v) is 2.27. The van der Waals surface area contributed by atoms with E-state index >= 15 is 0 Å². The molecule has 0 spiro atoms. The van der Waals surface area contributed by atoms with Crippen LogP contribution in [-0.2, 0) is 4.79 Å². The normalized spacial score (nSPS) is 11.5. The summed E-state index contributed by atoms with van der Waals surface area (Å²) in [5.74, 6) is -0.0452. The van der Waals surface area contributed by atoms with Gasteiger partial charge in [0, 0.05) is 6.04 Å². The lowest BCUT2D eigenvalue weighted by Gasteiger charge is -2.22. The van der Waals surface area contributed by atoms with Gasteiger partial charge in [0.25, 0.3) is 0 Å². The van der Waals surface area contributed by atoms with Crippen molar-refractivity contribution >= 4 is 12.6 Å². The number of aliphatic imine (C=N–C) groups is 1. The Balaban J connectivity index is 4.21. The molecule has 1 N–H and O–H groups in total. The van der Waals surface area contributed by atoms with E-state index in [1.54, 1.807) is 13.8 Å². The van der Waals surface area contributed by atoms with E-state index in [-0.39, 0.29) is 11.9 Å². The quantitative estimate of drug-likeness (QED) is 0.650. The number of hydrogen-bond acceptors (Lipinski definition) is 2. The summed E-state index contributed by atoms with van der Waals surface area (Å²) in [6.45, 7) is 11.0. The van der Waals surface area contributed by atoms with E-state index in [1.165, 1.54) is 0 Å². The number of nitrogens with one attached hydrogen (secondary N) is 1. The van der Waals surface area contributed by atoms with E-state index < -0.39 is 5.54 Å². The van der Waals surface area contributed by atoms with Crippen LogP contribution in [0, 0.1) is 0 Å². The van der Waals surface area contributed by atoms with Crippen molar-refractivity contribution in [1.29, 1.82) is 0 Å². The first-order valence-corrected chi connectivity index (χ1v) is 4.76. The lowest BCUT2D eigenvalue weighted by atomic mass is 10.0. The van der Waals surface area contributed by atoms with Gasteiger partial charge in [0.15, 0.2) is 0 Å². The molecular weight excluding hydrogens is 164 g/mol. The maximum absolute atomic E-state index is 11.6. The lowest BCUT2D eigenvalue weighted by Crippen LogP contribution is -2.45. The van der Waals surface area contributed by atoms with Crippen LogP contribution in [-0.4, -0.2) is 24.2 Å². The lowest BCUT2D eigenvalue weighted by molar-refractivity contribution is -0.125. The smallest absolute Gasteiger partial charge is 0.247 e. The Bertz CT molecular complexity index is 183. The highest BCUT2D eigenvalue weighted by Crippen LogP contribution is 2.09. The zero-order valence-electron chi connectivity index (χ0n) is 9.05. The average molecular weight is 184 g/mol. The molecule has 76 valence electrons. The fraction of sp³-hybridized carbons (Fsp3) is 0.800. The molecule has 0 aromatic carbocycles.